The number of hydrogen-bond acceptors (Lipinski definition) is 4. The van der Waals surface area contributed by atoms with Crippen molar-refractivity contribution in [1.29, 1.82) is 0 Å². The molecule has 214 valence electrons. The third kappa shape index (κ3) is 6.18. The Kier molecular flexibility index (Phi) is 7.60. The first-order chi connectivity index (χ1) is 19.8. The number of nitrogens with zero attached hydrogens (tertiary/aromatic N) is 1. The van der Waals surface area contributed by atoms with Gasteiger partial charge in [0.05, 0.1) is 12.6 Å². The van der Waals surface area contributed by atoms with Crippen LogP contribution in [-0.2, 0) is 22.6 Å². The van der Waals surface area contributed by atoms with Crippen LogP contribution < -0.4 is 10.6 Å². The van der Waals surface area contributed by atoms with Gasteiger partial charge in [-0.3, -0.25) is 4.79 Å². The number of carbonyl (C=O) groups is 2. The maximum absolute atomic E-state index is 13.5. The monoisotopic (exact) mass is 551 g/mol. The summed E-state index contributed by atoms with van der Waals surface area (Å²) in [5.74, 6) is 1.14. The second kappa shape index (κ2) is 11.3. The summed E-state index contributed by atoms with van der Waals surface area (Å²) < 4.78 is 6.31. The lowest BCUT2D eigenvalue weighted by molar-refractivity contribution is -0.132. The fraction of sp³-hybridized carbons (Fsp3) is 0.429. The molecule has 0 saturated heterocycles. The molecule has 3 aromatic rings. The van der Waals surface area contributed by atoms with Gasteiger partial charge < -0.3 is 20.3 Å². The van der Waals surface area contributed by atoms with E-state index in [1.807, 2.05) is 77.7 Å². The van der Waals surface area contributed by atoms with E-state index in [1.54, 1.807) is 0 Å². The Morgan fingerprint density at radius 1 is 0.878 bits per heavy atom. The first kappa shape index (κ1) is 27.5. The summed E-state index contributed by atoms with van der Waals surface area (Å²) in [6.45, 7) is 6.04. The molecule has 3 aliphatic rings. The molecular weight excluding hydrogens is 510 g/mol. The number of ether oxygens (including phenoxy) is 1. The average molecular weight is 552 g/mol. The van der Waals surface area contributed by atoms with Gasteiger partial charge in [0.1, 0.15) is 5.60 Å². The molecular formula is C35H41N3O3. The van der Waals surface area contributed by atoms with Crippen molar-refractivity contribution in [1.82, 2.24) is 15.5 Å². The van der Waals surface area contributed by atoms with Gasteiger partial charge in [-0.15, -0.1) is 0 Å². The van der Waals surface area contributed by atoms with E-state index in [4.69, 9.17) is 4.74 Å². The Morgan fingerprint density at radius 2 is 1.46 bits per heavy atom. The van der Waals surface area contributed by atoms with Crippen LogP contribution in [0.3, 0.4) is 0 Å². The summed E-state index contributed by atoms with van der Waals surface area (Å²) in [7, 11) is 0. The lowest BCUT2D eigenvalue weighted by Crippen LogP contribution is -2.61. The van der Waals surface area contributed by atoms with Gasteiger partial charge in [-0.2, -0.15) is 0 Å². The molecule has 6 heteroatoms. The molecule has 6 rings (SSSR count). The third-order valence-electron chi connectivity index (χ3n) is 9.26. The van der Waals surface area contributed by atoms with E-state index in [-0.39, 0.29) is 17.5 Å². The van der Waals surface area contributed by atoms with Gasteiger partial charge in [-0.25, -0.2) is 4.79 Å². The van der Waals surface area contributed by atoms with E-state index in [0.29, 0.717) is 37.9 Å². The lowest BCUT2D eigenvalue weighted by Gasteiger charge is -2.54. The molecule has 2 N–H and O–H groups in total. The number of amides is 2. The van der Waals surface area contributed by atoms with Crippen molar-refractivity contribution < 1.29 is 14.3 Å². The van der Waals surface area contributed by atoms with Gasteiger partial charge in [0, 0.05) is 25.0 Å². The fourth-order valence-corrected chi connectivity index (χ4v) is 7.93. The largest absolute Gasteiger partial charge is 0.443 e. The van der Waals surface area contributed by atoms with Gasteiger partial charge in [-0.1, -0.05) is 91.9 Å². The van der Waals surface area contributed by atoms with E-state index in [9.17, 15) is 9.59 Å². The van der Waals surface area contributed by atoms with Crippen LogP contribution in [0, 0.1) is 11.8 Å². The molecule has 6 nitrogen and oxygen atoms in total. The van der Waals surface area contributed by atoms with Crippen LogP contribution in [-0.4, -0.2) is 34.6 Å². The molecule has 2 fully saturated rings. The maximum Gasteiger partial charge on any atom is 0.408 e. The summed E-state index contributed by atoms with van der Waals surface area (Å²) in [5, 5.41) is 6.88. The average Bonchev–Trinajstić information content (AvgIpc) is 3.39. The highest BCUT2D eigenvalue weighted by molar-refractivity contribution is 5.79. The molecule has 2 amide bonds. The van der Waals surface area contributed by atoms with Crippen molar-refractivity contribution >= 4 is 12.0 Å². The zero-order chi connectivity index (χ0) is 28.5. The molecule has 2 saturated carbocycles. The van der Waals surface area contributed by atoms with Gasteiger partial charge in [0.15, 0.2) is 0 Å². The molecule has 0 aromatic heterocycles. The quantitative estimate of drug-likeness (QED) is 0.358. The van der Waals surface area contributed by atoms with Gasteiger partial charge in [-0.05, 0) is 66.7 Å². The minimum absolute atomic E-state index is 0.129. The van der Waals surface area contributed by atoms with Crippen molar-refractivity contribution in [3.8, 4) is 0 Å². The SMILES string of the molecule is CC1CC2CC(NCC(=O)N3Cc4ccccc4C3)(C1)CC(C)(OC(=O)NC(c1ccccc1)c1ccccc1)C2. The Hall–Kier alpha value is -3.64. The van der Waals surface area contributed by atoms with Gasteiger partial charge >= 0.3 is 6.09 Å². The standard InChI is InChI=1S/C35H41N3O3/c1-25-17-26-19-34(2,41-33(40)37-32(27-11-5-3-6-12-27)28-13-7-4-8-14-28)24-35(18-25,20-26)36-21-31(39)38-22-29-15-9-10-16-30(29)23-38/h3-16,25-26,32,36H,17-24H2,1-2H3,(H,37,40). The Bertz CT molecular complexity index is 1310. The third-order valence-corrected chi connectivity index (χ3v) is 9.26. The maximum atomic E-state index is 13.5. The van der Waals surface area contributed by atoms with E-state index in [2.05, 4.69) is 36.6 Å². The molecule has 0 spiro atoms. The molecule has 2 bridgehead atoms. The van der Waals surface area contributed by atoms with Crippen LogP contribution in [0.1, 0.15) is 74.2 Å². The van der Waals surface area contributed by atoms with E-state index < -0.39 is 11.7 Å². The first-order valence-corrected chi connectivity index (χ1v) is 15.0. The summed E-state index contributed by atoms with van der Waals surface area (Å²) in [4.78, 5) is 28.7. The topological polar surface area (TPSA) is 70.7 Å². The first-order valence-electron chi connectivity index (χ1n) is 15.0. The highest BCUT2D eigenvalue weighted by Crippen LogP contribution is 2.50. The number of nitrogens with one attached hydrogen (secondary N) is 2. The zero-order valence-corrected chi connectivity index (χ0v) is 24.1. The highest BCUT2D eigenvalue weighted by atomic mass is 16.6. The summed E-state index contributed by atoms with van der Waals surface area (Å²) in [6.07, 6.45) is 4.25. The highest BCUT2D eigenvalue weighted by Gasteiger charge is 2.51. The Morgan fingerprint density at radius 3 is 2.07 bits per heavy atom. The minimum Gasteiger partial charge on any atom is -0.443 e. The van der Waals surface area contributed by atoms with E-state index in [1.165, 1.54) is 11.1 Å². The normalized spacial score (nSPS) is 26.9. The van der Waals surface area contributed by atoms with Crippen molar-refractivity contribution in [3.05, 3.63) is 107 Å². The van der Waals surface area contributed by atoms with Crippen LogP contribution in [0.5, 0.6) is 0 Å². The van der Waals surface area contributed by atoms with Crippen LogP contribution in [0.4, 0.5) is 4.79 Å². The molecule has 4 atom stereocenters. The molecule has 0 radical (unpaired) electrons. The van der Waals surface area contributed by atoms with Crippen LogP contribution >= 0.6 is 0 Å². The smallest absolute Gasteiger partial charge is 0.408 e. The summed E-state index contributed by atoms with van der Waals surface area (Å²) >= 11 is 0. The molecule has 1 heterocycles. The van der Waals surface area contributed by atoms with Gasteiger partial charge in [0.2, 0.25) is 5.91 Å². The second-order valence-electron chi connectivity index (χ2n) is 12.9. The molecule has 1 aliphatic heterocycles. The van der Waals surface area contributed by atoms with Crippen molar-refractivity contribution in [3.63, 3.8) is 0 Å². The van der Waals surface area contributed by atoms with Crippen molar-refractivity contribution in [2.75, 3.05) is 6.54 Å². The molecule has 2 aliphatic carbocycles. The van der Waals surface area contributed by atoms with Crippen LogP contribution in [0.2, 0.25) is 0 Å². The number of hydrogen-bond donors (Lipinski definition) is 2. The van der Waals surface area contributed by atoms with E-state index in [0.717, 1.165) is 36.8 Å². The predicted octanol–water partition coefficient (Wildman–Crippen LogP) is 6.36. The number of carbonyl (C=O) groups excluding carboxylic acids is 2. The second-order valence-corrected chi connectivity index (χ2v) is 12.9. The van der Waals surface area contributed by atoms with Crippen LogP contribution in [0.25, 0.3) is 0 Å². The molecule has 3 aromatic carbocycles. The molecule has 4 unspecified atom stereocenters. The lowest BCUT2D eigenvalue weighted by atomic mass is 9.59. The Labute approximate surface area is 243 Å². The van der Waals surface area contributed by atoms with E-state index >= 15 is 0 Å². The molecule has 41 heavy (non-hydrogen) atoms. The fourth-order valence-electron chi connectivity index (χ4n) is 7.93. The number of fused-ring (bicyclic) bond motifs is 3. The number of alkyl carbamates (subject to hydrolysis) is 1. The van der Waals surface area contributed by atoms with Crippen molar-refractivity contribution in [2.45, 2.75) is 76.2 Å². The zero-order valence-electron chi connectivity index (χ0n) is 24.1. The minimum atomic E-state index is -0.620. The predicted molar refractivity (Wildman–Crippen MR) is 160 cm³/mol. The van der Waals surface area contributed by atoms with Gasteiger partial charge in [0.25, 0.3) is 0 Å². The number of benzene rings is 3. The Balaban J connectivity index is 1.14. The summed E-state index contributed by atoms with van der Waals surface area (Å²) in [6, 6.07) is 28.0. The summed E-state index contributed by atoms with van der Waals surface area (Å²) in [5.41, 5.74) is 3.64. The number of rotatable bonds is 7. The van der Waals surface area contributed by atoms with Crippen LogP contribution in [0.15, 0.2) is 84.9 Å². The van der Waals surface area contributed by atoms with Crippen molar-refractivity contribution in [2.24, 2.45) is 11.8 Å².